The molecule has 0 amide bonds. The zero-order valence-electron chi connectivity index (χ0n) is 15.6. The van der Waals surface area contributed by atoms with Crippen molar-refractivity contribution in [3.8, 4) is 0 Å². The zero-order chi connectivity index (χ0) is 18.8. The summed E-state index contributed by atoms with van der Waals surface area (Å²) >= 11 is 1.91. The second-order valence-electron chi connectivity index (χ2n) is 6.44. The Hall–Kier alpha value is -1.25. The molecule has 6 nitrogen and oxygen atoms in total. The fraction of sp³-hybridized carbons (Fsp3) is 0.611. The molecule has 0 saturated carbocycles. The van der Waals surface area contributed by atoms with Crippen LogP contribution in [0.5, 0.6) is 0 Å². The van der Waals surface area contributed by atoms with Gasteiger partial charge in [-0.25, -0.2) is 8.42 Å². The van der Waals surface area contributed by atoms with E-state index in [0.717, 1.165) is 24.8 Å². The van der Waals surface area contributed by atoms with Gasteiger partial charge in [0.15, 0.2) is 5.96 Å². The summed E-state index contributed by atoms with van der Waals surface area (Å²) in [5, 5.41) is 3.30. The number of thioether (sulfide) groups is 1. The standard InChI is InChI=1S/C18H29N3O3S2/c1-19-18(20-9-11-24-12-13-26(2,22)23)21-10-8-16(14-21)15-25-17-6-4-3-5-7-17/h3-7,16H,8-15H2,1-2H3,(H,19,20). The highest BCUT2D eigenvalue weighted by Gasteiger charge is 2.24. The second kappa shape index (κ2) is 10.8. The van der Waals surface area contributed by atoms with Crippen molar-refractivity contribution in [3.63, 3.8) is 0 Å². The Kier molecular flexibility index (Phi) is 8.74. The molecule has 1 N–H and O–H groups in total. The summed E-state index contributed by atoms with van der Waals surface area (Å²) in [4.78, 5) is 7.96. The highest BCUT2D eigenvalue weighted by Crippen LogP contribution is 2.25. The van der Waals surface area contributed by atoms with Gasteiger partial charge >= 0.3 is 0 Å². The third-order valence-electron chi connectivity index (χ3n) is 4.15. The van der Waals surface area contributed by atoms with E-state index < -0.39 is 9.84 Å². The number of benzene rings is 1. The van der Waals surface area contributed by atoms with E-state index in [-0.39, 0.29) is 12.4 Å². The average Bonchev–Trinajstić information content (AvgIpc) is 3.08. The van der Waals surface area contributed by atoms with Crippen LogP contribution in [0.3, 0.4) is 0 Å². The Morgan fingerprint density at radius 3 is 2.81 bits per heavy atom. The number of hydrogen-bond acceptors (Lipinski definition) is 5. The summed E-state index contributed by atoms with van der Waals surface area (Å²) in [6, 6.07) is 10.5. The van der Waals surface area contributed by atoms with Crippen molar-refractivity contribution >= 4 is 27.6 Å². The maximum absolute atomic E-state index is 11.0. The van der Waals surface area contributed by atoms with E-state index in [0.29, 0.717) is 19.1 Å². The van der Waals surface area contributed by atoms with Crippen LogP contribution in [0.2, 0.25) is 0 Å². The van der Waals surface area contributed by atoms with Crippen molar-refractivity contribution in [3.05, 3.63) is 30.3 Å². The van der Waals surface area contributed by atoms with Crippen molar-refractivity contribution in [1.82, 2.24) is 10.2 Å². The zero-order valence-corrected chi connectivity index (χ0v) is 17.2. The third-order valence-corrected chi connectivity index (χ3v) is 6.31. The molecule has 0 bridgehead atoms. The molecule has 0 radical (unpaired) electrons. The van der Waals surface area contributed by atoms with Crippen molar-refractivity contribution in [2.24, 2.45) is 10.9 Å². The molecule has 1 aromatic carbocycles. The number of guanidine groups is 1. The van der Waals surface area contributed by atoms with Gasteiger partial charge in [-0.2, -0.15) is 0 Å². The lowest BCUT2D eigenvalue weighted by Gasteiger charge is -2.21. The summed E-state index contributed by atoms with van der Waals surface area (Å²) in [6.45, 7) is 3.34. The second-order valence-corrected chi connectivity index (χ2v) is 9.79. The summed E-state index contributed by atoms with van der Waals surface area (Å²) < 4.78 is 27.4. The molecule has 1 atom stereocenters. The van der Waals surface area contributed by atoms with Crippen molar-refractivity contribution in [2.75, 3.05) is 57.7 Å². The van der Waals surface area contributed by atoms with Crippen molar-refractivity contribution in [2.45, 2.75) is 11.3 Å². The summed E-state index contributed by atoms with van der Waals surface area (Å²) in [7, 11) is -1.17. The van der Waals surface area contributed by atoms with Crippen molar-refractivity contribution in [1.29, 1.82) is 0 Å². The lowest BCUT2D eigenvalue weighted by atomic mass is 10.2. The van der Waals surface area contributed by atoms with Crippen LogP contribution >= 0.6 is 11.8 Å². The lowest BCUT2D eigenvalue weighted by molar-refractivity contribution is 0.153. The van der Waals surface area contributed by atoms with Crippen LogP contribution in [0.15, 0.2) is 40.2 Å². The Labute approximate surface area is 161 Å². The van der Waals surface area contributed by atoms with E-state index >= 15 is 0 Å². The first kappa shape index (κ1) is 21.1. The van der Waals surface area contributed by atoms with E-state index in [1.54, 1.807) is 7.05 Å². The number of rotatable bonds is 9. The summed E-state index contributed by atoms with van der Waals surface area (Å²) in [5.74, 6) is 2.73. The highest BCUT2D eigenvalue weighted by molar-refractivity contribution is 7.99. The highest BCUT2D eigenvalue weighted by atomic mass is 32.2. The normalized spacial score (nSPS) is 18.3. The number of ether oxygens (including phenoxy) is 1. The molecule has 1 aliphatic heterocycles. The Bertz CT molecular complexity index is 666. The fourth-order valence-corrected chi connectivity index (χ4v) is 4.24. The SMILES string of the molecule is CN=C(NCCOCCS(C)(=O)=O)N1CCC(CSc2ccccc2)C1. The molecule has 1 aromatic rings. The van der Waals surface area contributed by atoms with Crippen LogP contribution in [-0.2, 0) is 14.6 Å². The summed E-state index contributed by atoms with van der Waals surface area (Å²) in [6.07, 6.45) is 2.39. The minimum atomic E-state index is -2.96. The summed E-state index contributed by atoms with van der Waals surface area (Å²) in [5.41, 5.74) is 0. The van der Waals surface area contributed by atoms with Crippen LogP contribution in [0.4, 0.5) is 0 Å². The number of aliphatic imine (C=N–C) groups is 1. The molecule has 1 aliphatic rings. The number of hydrogen-bond donors (Lipinski definition) is 1. The van der Waals surface area contributed by atoms with Gasteiger partial charge in [0.2, 0.25) is 0 Å². The molecular weight excluding hydrogens is 370 g/mol. The molecule has 146 valence electrons. The van der Waals surface area contributed by atoms with E-state index in [1.807, 2.05) is 17.8 Å². The van der Waals surface area contributed by atoms with E-state index in [9.17, 15) is 8.42 Å². The number of sulfone groups is 1. The molecule has 8 heteroatoms. The van der Waals surface area contributed by atoms with Crippen LogP contribution in [0.25, 0.3) is 0 Å². The molecule has 1 saturated heterocycles. The number of likely N-dealkylation sites (tertiary alicyclic amines) is 1. The van der Waals surface area contributed by atoms with Gasteiger partial charge in [0.25, 0.3) is 0 Å². The molecule has 2 rings (SSSR count). The lowest BCUT2D eigenvalue weighted by Crippen LogP contribution is -2.41. The van der Waals surface area contributed by atoms with Gasteiger partial charge in [0, 0.05) is 43.6 Å². The first-order valence-electron chi connectivity index (χ1n) is 8.87. The Morgan fingerprint density at radius 2 is 2.12 bits per heavy atom. The molecule has 0 spiro atoms. The van der Waals surface area contributed by atoms with Gasteiger partial charge in [0.05, 0.1) is 19.0 Å². The van der Waals surface area contributed by atoms with Crippen LogP contribution in [-0.4, -0.2) is 76.9 Å². The van der Waals surface area contributed by atoms with Gasteiger partial charge in [-0.3, -0.25) is 4.99 Å². The minimum absolute atomic E-state index is 0.0641. The number of nitrogens with zero attached hydrogens (tertiary/aromatic N) is 2. The van der Waals surface area contributed by atoms with Crippen LogP contribution in [0, 0.1) is 5.92 Å². The first-order chi connectivity index (χ1) is 12.5. The van der Waals surface area contributed by atoms with E-state index in [1.165, 1.54) is 17.6 Å². The maximum Gasteiger partial charge on any atom is 0.193 e. The minimum Gasteiger partial charge on any atom is -0.379 e. The predicted molar refractivity (Wildman–Crippen MR) is 109 cm³/mol. The largest absolute Gasteiger partial charge is 0.379 e. The molecule has 1 unspecified atom stereocenters. The first-order valence-corrected chi connectivity index (χ1v) is 11.9. The molecule has 1 fully saturated rings. The predicted octanol–water partition coefficient (Wildman–Crippen LogP) is 1.74. The topological polar surface area (TPSA) is 71.0 Å². The monoisotopic (exact) mass is 399 g/mol. The van der Waals surface area contributed by atoms with E-state index in [4.69, 9.17) is 4.74 Å². The van der Waals surface area contributed by atoms with Crippen molar-refractivity contribution < 1.29 is 13.2 Å². The maximum atomic E-state index is 11.0. The van der Waals surface area contributed by atoms with Gasteiger partial charge < -0.3 is 15.0 Å². The quantitative estimate of drug-likeness (QED) is 0.295. The average molecular weight is 400 g/mol. The molecular formula is C18H29N3O3S2. The molecule has 1 heterocycles. The Balaban J connectivity index is 1.64. The van der Waals surface area contributed by atoms with Gasteiger partial charge in [0.1, 0.15) is 9.84 Å². The molecule has 0 aliphatic carbocycles. The van der Waals surface area contributed by atoms with Gasteiger partial charge in [-0.15, -0.1) is 11.8 Å². The van der Waals surface area contributed by atoms with Gasteiger partial charge in [-0.1, -0.05) is 18.2 Å². The molecule has 26 heavy (non-hydrogen) atoms. The van der Waals surface area contributed by atoms with E-state index in [2.05, 4.69) is 39.5 Å². The molecule has 0 aromatic heterocycles. The smallest absolute Gasteiger partial charge is 0.193 e. The fourth-order valence-electron chi connectivity index (χ4n) is 2.77. The van der Waals surface area contributed by atoms with Gasteiger partial charge in [-0.05, 0) is 24.5 Å². The van der Waals surface area contributed by atoms with Crippen LogP contribution < -0.4 is 5.32 Å². The Morgan fingerprint density at radius 1 is 1.35 bits per heavy atom. The van der Waals surface area contributed by atoms with Crippen LogP contribution in [0.1, 0.15) is 6.42 Å². The third kappa shape index (κ3) is 7.97. The number of nitrogens with one attached hydrogen (secondary N) is 1.